The molecule has 1 heterocycles. The summed E-state index contributed by atoms with van der Waals surface area (Å²) in [7, 11) is 1.87. The van der Waals surface area contributed by atoms with Gasteiger partial charge in [-0.1, -0.05) is 15.9 Å². The summed E-state index contributed by atoms with van der Waals surface area (Å²) in [5.41, 5.74) is 3.79. The summed E-state index contributed by atoms with van der Waals surface area (Å²) in [6.45, 7) is 5.37. The molecule has 2 N–H and O–H groups in total. The molecule has 0 bridgehead atoms. The zero-order chi connectivity index (χ0) is 15.4. The molecule has 1 aromatic carbocycles. The largest absolute Gasteiger partial charge is 0.351 e. The fraction of sp³-hybridized carbons (Fsp3) is 0.312. The fourth-order valence-electron chi connectivity index (χ4n) is 2.38. The summed E-state index contributed by atoms with van der Waals surface area (Å²) >= 11 is 3.44. The molecule has 0 unspecified atom stereocenters. The van der Waals surface area contributed by atoms with Crippen LogP contribution in [0.15, 0.2) is 34.8 Å². The Morgan fingerprint density at radius 1 is 1.18 bits per heavy atom. The van der Waals surface area contributed by atoms with Gasteiger partial charge in [0.25, 0.3) is 5.91 Å². The van der Waals surface area contributed by atoms with E-state index in [-0.39, 0.29) is 18.3 Å². The first kappa shape index (κ1) is 18.7. The van der Waals surface area contributed by atoms with E-state index in [1.807, 2.05) is 51.2 Å². The lowest BCUT2D eigenvalue weighted by Gasteiger charge is -2.10. The summed E-state index contributed by atoms with van der Waals surface area (Å²) in [5.74, 6) is -0.0262. The minimum Gasteiger partial charge on any atom is -0.351 e. The Hall–Kier alpha value is -1.30. The number of benzene rings is 1. The van der Waals surface area contributed by atoms with E-state index in [9.17, 15) is 4.79 Å². The predicted molar refractivity (Wildman–Crippen MR) is 96.5 cm³/mol. The van der Waals surface area contributed by atoms with Crippen molar-refractivity contribution >= 4 is 34.2 Å². The average Bonchev–Trinajstić information content (AvgIpc) is 2.76. The Labute approximate surface area is 145 Å². The van der Waals surface area contributed by atoms with Crippen LogP contribution in [-0.2, 0) is 0 Å². The van der Waals surface area contributed by atoms with Gasteiger partial charge in [0, 0.05) is 34.6 Å². The number of carbonyl (C=O) groups excluding carboxylic acids is 1. The standard InChI is InChI=1S/C16H20BrN3O.ClH/c1-11-10-15(16(21)19-9-8-18-3)12(2)20(11)14-6-4-13(17)5-7-14;/h4-7,10,18H,8-9H2,1-3H3,(H,19,21);1H. The van der Waals surface area contributed by atoms with Gasteiger partial charge in [-0.3, -0.25) is 4.79 Å². The number of aryl methyl sites for hydroxylation is 1. The van der Waals surface area contributed by atoms with Crippen LogP contribution in [0.5, 0.6) is 0 Å². The molecule has 2 aromatic rings. The topological polar surface area (TPSA) is 46.1 Å². The lowest BCUT2D eigenvalue weighted by molar-refractivity contribution is 0.0953. The Morgan fingerprint density at radius 3 is 2.41 bits per heavy atom. The molecule has 0 atom stereocenters. The van der Waals surface area contributed by atoms with Crippen LogP contribution < -0.4 is 10.6 Å². The number of nitrogens with zero attached hydrogens (tertiary/aromatic N) is 1. The lowest BCUT2D eigenvalue weighted by Crippen LogP contribution is -2.30. The van der Waals surface area contributed by atoms with Crippen LogP contribution in [-0.4, -0.2) is 30.6 Å². The van der Waals surface area contributed by atoms with Gasteiger partial charge in [0.1, 0.15) is 0 Å². The molecular formula is C16H21BrClN3O. The number of amides is 1. The highest BCUT2D eigenvalue weighted by Gasteiger charge is 2.16. The Morgan fingerprint density at radius 2 is 1.82 bits per heavy atom. The van der Waals surface area contributed by atoms with Crippen molar-refractivity contribution in [2.75, 3.05) is 20.1 Å². The van der Waals surface area contributed by atoms with E-state index in [2.05, 4.69) is 31.1 Å². The Balaban J connectivity index is 0.00000242. The first-order chi connectivity index (χ1) is 10.0. The molecule has 0 fully saturated rings. The summed E-state index contributed by atoms with van der Waals surface area (Å²) in [6.07, 6.45) is 0. The summed E-state index contributed by atoms with van der Waals surface area (Å²) in [6, 6.07) is 10.0. The SMILES string of the molecule is CNCCNC(=O)c1cc(C)n(-c2ccc(Br)cc2)c1C.Cl. The first-order valence-electron chi connectivity index (χ1n) is 6.92. The number of halogens is 2. The van der Waals surface area contributed by atoms with Crippen molar-refractivity contribution in [3.63, 3.8) is 0 Å². The molecule has 22 heavy (non-hydrogen) atoms. The van der Waals surface area contributed by atoms with Gasteiger partial charge in [0.2, 0.25) is 0 Å². The number of carbonyl (C=O) groups is 1. The minimum absolute atomic E-state index is 0. The van der Waals surface area contributed by atoms with Gasteiger partial charge >= 0.3 is 0 Å². The molecule has 1 amide bonds. The van der Waals surface area contributed by atoms with Gasteiger partial charge in [0.05, 0.1) is 5.56 Å². The molecule has 4 nitrogen and oxygen atoms in total. The minimum atomic E-state index is -0.0262. The van der Waals surface area contributed by atoms with Crippen LogP contribution in [0.25, 0.3) is 5.69 Å². The number of aromatic nitrogens is 1. The van der Waals surface area contributed by atoms with Crippen LogP contribution in [0, 0.1) is 13.8 Å². The number of nitrogens with one attached hydrogen (secondary N) is 2. The van der Waals surface area contributed by atoms with E-state index in [0.29, 0.717) is 6.54 Å². The second-order valence-electron chi connectivity index (χ2n) is 4.96. The van der Waals surface area contributed by atoms with Gasteiger partial charge < -0.3 is 15.2 Å². The van der Waals surface area contributed by atoms with Gasteiger partial charge in [0.15, 0.2) is 0 Å². The number of likely N-dealkylation sites (N-methyl/N-ethyl adjacent to an activating group) is 1. The monoisotopic (exact) mass is 385 g/mol. The number of hydrogen-bond acceptors (Lipinski definition) is 2. The van der Waals surface area contributed by atoms with Crippen molar-refractivity contribution in [3.8, 4) is 5.69 Å². The maximum Gasteiger partial charge on any atom is 0.253 e. The van der Waals surface area contributed by atoms with Crippen molar-refractivity contribution in [1.29, 1.82) is 0 Å². The van der Waals surface area contributed by atoms with Crippen molar-refractivity contribution in [1.82, 2.24) is 15.2 Å². The maximum absolute atomic E-state index is 12.2. The van der Waals surface area contributed by atoms with Crippen LogP contribution in [0.4, 0.5) is 0 Å². The van der Waals surface area contributed by atoms with E-state index in [4.69, 9.17) is 0 Å². The molecule has 120 valence electrons. The second kappa shape index (κ2) is 8.36. The molecule has 0 aliphatic heterocycles. The van der Waals surface area contributed by atoms with Gasteiger partial charge in [-0.25, -0.2) is 0 Å². The maximum atomic E-state index is 12.2. The molecule has 6 heteroatoms. The third-order valence-corrected chi connectivity index (χ3v) is 3.95. The van der Waals surface area contributed by atoms with Crippen molar-refractivity contribution in [2.24, 2.45) is 0 Å². The van der Waals surface area contributed by atoms with E-state index in [1.54, 1.807) is 0 Å². The quantitative estimate of drug-likeness (QED) is 0.775. The molecule has 0 spiro atoms. The van der Waals surface area contributed by atoms with Gasteiger partial charge in [-0.15, -0.1) is 12.4 Å². The average molecular weight is 387 g/mol. The van der Waals surface area contributed by atoms with Crippen molar-refractivity contribution in [3.05, 3.63) is 51.8 Å². The molecule has 0 radical (unpaired) electrons. The molecule has 0 aliphatic carbocycles. The normalized spacial score (nSPS) is 10.2. The van der Waals surface area contributed by atoms with Crippen molar-refractivity contribution in [2.45, 2.75) is 13.8 Å². The summed E-state index contributed by atoms with van der Waals surface area (Å²) in [5, 5.41) is 5.93. The zero-order valence-electron chi connectivity index (χ0n) is 12.9. The second-order valence-corrected chi connectivity index (χ2v) is 5.87. The number of hydrogen-bond donors (Lipinski definition) is 2. The molecular weight excluding hydrogens is 366 g/mol. The summed E-state index contributed by atoms with van der Waals surface area (Å²) in [4.78, 5) is 12.2. The highest BCUT2D eigenvalue weighted by atomic mass is 79.9. The van der Waals surface area contributed by atoms with Gasteiger partial charge in [-0.2, -0.15) is 0 Å². The predicted octanol–water partition coefficient (Wildman–Crippen LogP) is 3.23. The third kappa shape index (κ3) is 4.12. The van der Waals surface area contributed by atoms with E-state index < -0.39 is 0 Å². The molecule has 2 rings (SSSR count). The highest BCUT2D eigenvalue weighted by Crippen LogP contribution is 2.22. The van der Waals surface area contributed by atoms with Crippen LogP contribution in [0.2, 0.25) is 0 Å². The third-order valence-electron chi connectivity index (χ3n) is 3.42. The Kier molecular flexibility index (Phi) is 7.13. The van der Waals surface area contributed by atoms with Gasteiger partial charge in [-0.05, 0) is 51.2 Å². The smallest absolute Gasteiger partial charge is 0.253 e. The molecule has 0 saturated carbocycles. The summed E-state index contributed by atoms with van der Waals surface area (Å²) < 4.78 is 3.14. The van der Waals surface area contributed by atoms with Crippen LogP contribution in [0.1, 0.15) is 21.7 Å². The van der Waals surface area contributed by atoms with Crippen molar-refractivity contribution < 1.29 is 4.79 Å². The molecule has 1 aromatic heterocycles. The Bertz CT molecular complexity index is 638. The fourth-order valence-corrected chi connectivity index (χ4v) is 2.64. The van der Waals surface area contributed by atoms with E-state index in [0.717, 1.165) is 33.7 Å². The van der Waals surface area contributed by atoms with Crippen LogP contribution >= 0.6 is 28.3 Å². The van der Waals surface area contributed by atoms with E-state index in [1.165, 1.54) is 0 Å². The van der Waals surface area contributed by atoms with E-state index >= 15 is 0 Å². The lowest BCUT2D eigenvalue weighted by atomic mass is 10.2. The first-order valence-corrected chi connectivity index (χ1v) is 7.71. The highest BCUT2D eigenvalue weighted by molar-refractivity contribution is 9.10. The van der Waals surface area contributed by atoms with Crippen LogP contribution in [0.3, 0.4) is 0 Å². The molecule has 0 saturated heterocycles. The molecule has 0 aliphatic rings. The number of rotatable bonds is 5. The zero-order valence-corrected chi connectivity index (χ0v) is 15.3.